The summed E-state index contributed by atoms with van der Waals surface area (Å²) in [6.07, 6.45) is 11.7. The van der Waals surface area contributed by atoms with E-state index >= 15 is 0 Å². The van der Waals surface area contributed by atoms with Gasteiger partial charge < -0.3 is 61.3 Å². The second kappa shape index (κ2) is 52.5. The van der Waals surface area contributed by atoms with Gasteiger partial charge in [0.1, 0.15) is 0 Å². The molecule has 114 heavy (non-hydrogen) atoms. The fourth-order valence-corrected chi connectivity index (χ4v) is 18.6. The SMILES string of the molecule is CCCN(C)CCCNc1c(C(C)(C)C)c(=S)c1=S.CCCN(CC)CCCNc1c(C(C)(C)C)c(=S)c1=S.CCCN(CCC)CCCNc1c(C(C)(C)C)c(=S)c1=S.CCN(C)CCCNc1c(C(C)(C)C)c(=S)c1=S.CCN(CC)CCCNc1c(C(C)(C)C)c(=S)c1=S.CN(C)CCCNc1c(C(C)(C)C)c(=S)c1=S. The van der Waals surface area contributed by atoms with Crippen LogP contribution in [0.3, 0.4) is 0 Å². The van der Waals surface area contributed by atoms with Gasteiger partial charge in [-0.05, 0) is 217 Å². The van der Waals surface area contributed by atoms with Crippen molar-refractivity contribution in [1.82, 2.24) is 29.4 Å². The summed E-state index contributed by atoms with van der Waals surface area (Å²) in [6.45, 7) is 78.9. The average molecular weight is 1790 g/mol. The summed E-state index contributed by atoms with van der Waals surface area (Å²) in [5, 5.41) is 20.9. The average Bonchev–Trinajstić information content (AvgIpc) is 0.796. The van der Waals surface area contributed by atoms with Crippen molar-refractivity contribution in [2.45, 2.75) is 277 Å². The zero-order chi connectivity index (χ0) is 87.8. The van der Waals surface area contributed by atoms with Crippen LogP contribution in [0.4, 0.5) is 34.1 Å². The Hall–Kier alpha value is -1.92. The van der Waals surface area contributed by atoms with Crippen LogP contribution in [-0.2, 0) is 32.5 Å². The van der Waals surface area contributed by atoms with Gasteiger partial charge in [-0.2, -0.15) is 0 Å². The minimum absolute atomic E-state index is 0.0815. The van der Waals surface area contributed by atoms with Gasteiger partial charge >= 0.3 is 0 Å². The molecular weight excluding hydrogens is 1630 g/mol. The summed E-state index contributed by atoms with van der Waals surface area (Å²) in [5.41, 5.74) is 14.6. The van der Waals surface area contributed by atoms with Crippen LogP contribution >= 0.6 is 147 Å². The Morgan fingerprint density at radius 1 is 0.211 bits per heavy atom. The zero-order valence-electron chi connectivity index (χ0n) is 76.8. The molecule has 6 rings (SSSR count). The quantitative estimate of drug-likeness (QED) is 0.0162. The molecule has 12 nitrogen and oxygen atoms in total. The molecule has 6 aromatic carbocycles. The maximum Gasteiger partial charge on any atom is 0.0796 e. The molecule has 0 unspecified atom stereocenters. The molecule has 0 aromatic heterocycles. The van der Waals surface area contributed by atoms with Gasteiger partial charge in [-0.15, -0.1) is 0 Å². The summed E-state index contributed by atoms with van der Waals surface area (Å²) < 4.78 is 10.4. The van der Waals surface area contributed by atoms with Crippen LogP contribution in [0, 0.1) is 54.1 Å². The van der Waals surface area contributed by atoms with Gasteiger partial charge in [0.15, 0.2) is 0 Å². The largest absolute Gasteiger partial charge is 0.384 e. The molecule has 0 heterocycles. The minimum atomic E-state index is 0.0815. The van der Waals surface area contributed by atoms with E-state index in [2.05, 4.69) is 270 Å². The Kier molecular flexibility index (Phi) is 50.7. The van der Waals surface area contributed by atoms with Crippen molar-refractivity contribution in [2.24, 2.45) is 0 Å². The van der Waals surface area contributed by atoms with E-state index in [1.165, 1.54) is 85.2 Å². The van der Waals surface area contributed by atoms with Crippen molar-refractivity contribution in [2.75, 3.05) is 191 Å². The fraction of sp³-hybridized carbons (Fsp3) is 0.733. The molecule has 0 atom stereocenters. The highest BCUT2D eigenvalue weighted by molar-refractivity contribution is 7.75. The summed E-state index contributed by atoms with van der Waals surface area (Å²) in [4.78, 5) is 14.3. The number of nitrogens with one attached hydrogen (secondary N) is 6. The third kappa shape index (κ3) is 35.5. The van der Waals surface area contributed by atoms with Gasteiger partial charge in [-0.1, -0.05) is 327 Å². The smallest absolute Gasteiger partial charge is 0.0796 e. The Labute approximate surface area is 758 Å². The van der Waals surface area contributed by atoms with Crippen LogP contribution < -0.4 is 31.9 Å². The van der Waals surface area contributed by atoms with Crippen LogP contribution in [-0.4, -0.2) is 188 Å². The minimum Gasteiger partial charge on any atom is -0.384 e. The molecule has 0 aliphatic carbocycles. The Balaban J connectivity index is 0.000000685. The first-order chi connectivity index (χ1) is 52.8. The second-order valence-electron chi connectivity index (χ2n) is 36.9. The van der Waals surface area contributed by atoms with Crippen molar-refractivity contribution in [3.63, 3.8) is 0 Å². The number of anilines is 6. The van der Waals surface area contributed by atoms with E-state index in [9.17, 15) is 0 Å². The van der Waals surface area contributed by atoms with E-state index in [1.54, 1.807) is 0 Å². The van der Waals surface area contributed by atoms with Crippen LogP contribution in [0.5, 0.6) is 0 Å². The fourth-order valence-electron chi connectivity index (χ4n) is 13.8. The van der Waals surface area contributed by atoms with Gasteiger partial charge in [0.05, 0.1) is 88.2 Å². The van der Waals surface area contributed by atoms with Crippen LogP contribution in [0.1, 0.15) is 278 Å². The van der Waals surface area contributed by atoms with Crippen molar-refractivity contribution in [3.05, 3.63) is 87.5 Å². The van der Waals surface area contributed by atoms with Crippen molar-refractivity contribution in [3.8, 4) is 0 Å². The van der Waals surface area contributed by atoms with E-state index in [0.717, 1.165) is 231 Å². The molecule has 6 aromatic rings. The van der Waals surface area contributed by atoms with Gasteiger partial charge in [-0.25, -0.2) is 0 Å². The highest BCUT2D eigenvalue weighted by atomic mass is 32.1. The van der Waals surface area contributed by atoms with Gasteiger partial charge in [0, 0.05) is 72.6 Å². The van der Waals surface area contributed by atoms with Crippen molar-refractivity contribution >= 4 is 181 Å². The predicted octanol–water partition coefficient (Wildman–Crippen LogP) is 26.8. The number of rotatable bonds is 42. The zero-order valence-corrected chi connectivity index (χ0v) is 86.6. The third-order valence-electron chi connectivity index (χ3n) is 20.0. The third-order valence-corrected chi connectivity index (χ3v) is 25.7. The molecule has 0 radical (unpaired) electrons. The maximum atomic E-state index is 5.39. The normalized spacial score (nSPS) is 12.3. The second-order valence-corrected chi connectivity index (χ2v) is 41.8. The topological polar surface area (TPSA) is 91.6 Å². The molecule has 24 heteroatoms. The molecule has 0 saturated heterocycles. The number of hydrogen-bond donors (Lipinski definition) is 6. The van der Waals surface area contributed by atoms with Gasteiger partial charge in [0.25, 0.3) is 0 Å². The monoisotopic (exact) mass is 1790 g/mol. The Bertz CT molecular complexity index is 4270. The first kappa shape index (κ1) is 110. The molecule has 0 amide bonds. The summed E-state index contributed by atoms with van der Waals surface area (Å²) in [6, 6.07) is 0. The van der Waals surface area contributed by atoms with Gasteiger partial charge in [-0.3, -0.25) is 0 Å². The molecule has 0 spiro atoms. The highest BCUT2D eigenvalue weighted by Gasteiger charge is 2.31. The van der Waals surface area contributed by atoms with Crippen LogP contribution in [0.2, 0.25) is 0 Å². The molecule has 6 N–H and O–H groups in total. The van der Waals surface area contributed by atoms with Crippen LogP contribution in [0.25, 0.3) is 0 Å². The van der Waals surface area contributed by atoms with E-state index in [1.807, 2.05) is 0 Å². The summed E-state index contributed by atoms with van der Waals surface area (Å²) in [7, 11) is 8.49. The molecule has 0 aliphatic rings. The Morgan fingerprint density at radius 2 is 0.404 bits per heavy atom. The van der Waals surface area contributed by atoms with Crippen LogP contribution in [0.15, 0.2) is 0 Å². The van der Waals surface area contributed by atoms with Crippen molar-refractivity contribution < 1.29 is 0 Å². The lowest BCUT2D eigenvalue weighted by Gasteiger charge is -2.27. The number of hydrogen-bond acceptors (Lipinski definition) is 24. The number of nitrogens with zero attached hydrogens (tertiary/aromatic N) is 6. The molecule has 0 saturated carbocycles. The first-order valence-corrected chi connectivity index (χ1v) is 47.3. The highest BCUT2D eigenvalue weighted by Crippen LogP contribution is 2.42. The standard InChI is InChI=1S/C17H30N2S2.C16H28N2S2.2C15H26N2S2.C14H24N2S2.C13H22N2S2/c1-6-10-19(11-7-2)12-8-9-18-14-13(17(3,4)5)15(20)16(14)21;1-6-10-18(7-2)11-8-9-17-13-12(16(3,4)5)14(19)15(13)20;1-6-9-17(5)10-7-8-16-12-11(15(2,3)4)13(18)14(12)19;1-6-17(7-2)10-8-9-16-12-11(15(3,4)5)13(18)14(12)19;1-6-16(5)9-7-8-15-11-10(14(2,3)4)12(17)13(11)18;1-13(2,3)9-10(12(17)11(9)16)14-7-6-8-15(4)5/h18H,6-12H2,1-5H3;17H,6-11H2,1-5H3;2*16H,6-10H2,1-5H3;15H,6-9H2,1-5H3;14H,6-8H2,1-5H3. The van der Waals surface area contributed by atoms with Crippen molar-refractivity contribution in [1.29, 1.82) is 0 Å². The lowest BCUT2D eigenvalue weighted by atomic mass is 9.83. The van der Waals surface area contributed by atoms with E-state index < -0.39 is 0 Å². The summed E-state index contributed by atoms with van der Waals surface area (Å²) >= 11 is 64.2. The molecule has 0 aliphatic heterocycles. The Morgan fingerprint density at radius 3 is 0.605 bits per heavy atom. The van der Waals surface area contributed by atoms with Gasteiger partial charge in [0.2, 0.25) is 0 Å². The maximum absolute atomic E-state index is 5.39. The first-order valence-electron chi connectivity index (χ1n) is 42.4. The molecular formula is C90H156N12S12. The lowest BCUT2D eigenvalue weighted by molar-refractivity contribution is 0.274. The van der Waals surface area contributed by atoms with E-state index in [4.69, 9.17) is 147 Å². The molecule has 648 valence electrons. The molecule has 0 fully saturated rings. The molecule has 0 bridgehead atoms. The summed E-state index contributed by atoms with van der Waals surface area (Å²) in [5.74, 6) is 0. The lowest BCUT2D eigenvalue weighted by Crippen LogP contribution is -2.28. The predicted molar refractivity (Wildman–Crippen MR) is 540 cm³/mol. The van der Waals surface area contributed by atoms with E-state index in [-0.39, 0.29) is 32.5 Å². The van der Waals surface area contributed by atoms with E-state index in [0.29, 0.717) is 0 Å².